The first-order valence-corrected chi connectivity index (χ1v) is 7.86. The summed E-state index contributed by atoms with van der Waals surface area (Å²) in [6.07, 6.45) is 0. The van der Waals surface area contributed by atoms with E-state index in [2.05, 4.69) is 5.32 Å². The van der Waals surface area contributed by atoms with Gasteiger partial charge in [-0.25, -0.2) is 8.42 Å². The van der Waals surface area contributed by atoms with Crippen LogP contribution in [-0.4, -0.2) is 40.5 Å². The van der Waals surface area contributed by atoms with Crippen molar-refractivity contribution in [1.29, 1.82) is 0 Å². The average Bonchev–Trinajstić information content (AvgIpc) is 2.29. The monoisotopic (exact) mass is 271 g/mol. The van der Waals surface area contributed by atoms with Crippen molar-refractivity contribution in [2.24, 2.45) is 0 Å². The van der Waals surface area contributed by atoms with Crippen LogP contribution in [0, 0.1) is 0 Å². The Morgan fingerprint density at radius 3 is 2.50 bits per heavy atom. The molecule has 0 aliphatic carbocycles. The van der Waals surface area contributed by atoms with E-state index >= 15 is 0 Å². The van der Waals surface area contributed by atoms with Gasteiger partial charge in [0.2, 0.25) is 0 Å². The second-order valence-corrected chi connectivity index (χ2v) is 6.36. The fourth-order valence-electron chi connectivity index (χ4n) is 1.85. The topological polar surface area (TPSA) is 55.4 Å². The zero-order valence-electron chi connectivity index (χ0n) is 10.9. The van der Waals surface area contributed by atoms with Gasteiger partial charge in [-0.15, -0.1) is 0 Å². The summed E-state index contributed by atoms with van der Waals surface area (Å²) >= 11 is 0. The molecule has 0 radical (unpaired) electrons. The van der Waals surface area contributed by atoms with E-state index in [9.17, 15) is 8.42 Å². The van der Waals surface area contributed by atoms with Crippen molar-refractivity contribution in [2.45, 2.75) is 18.7 Å². The number of likely N-dealkylation sites (N-methyl/N-ethyl adjacent to an activating group) is 1. The van der Waals surface area contributed by atoms with E-state index in [0.717, 1.165) is 12.1 Å². The number of benzene rings is 1. The van der Waals surface area contributed by atoms with E-state index in [1.807, 2.05) is 37.3 Å². The molecule has 18 heavy (non-hydrogen) atoms. The summed E-state index contributed by atoms with van der Waals surface area (Å²) in [4.78, 5) is 0. The number of methoxy groups -OCH3 is 1. The maximum atomic E-state index is 12.1. The summed E-state index contributed by atoms with van der Waals surface area (Å²) in [5.41, 5.74) is 0.824. The zero-order chi connectivity index (χ0) is 13.4. The lowest BCUT2D eigenvalue weighted by molar-refractivity contribution is 0.174. The Morgan fingerprint density at radius 2 is 1.94 bits per heavy atom. The largest absolute Gasteiger partial charge is 0.383 e. The van der Waals surface area contributed by atoms with Crippen LogP contribution in [0.15, 0.2) is 30.3 Å². The SMILES string of the molecule is CCNC(COC)CS(=O)(=O)Cc1ccccc1. The number of ether oxygens (including phenoxy) is 1. The normalized spacial score (nSPS) is 13.4. The Labute approximate surface area is 109 Å². The molecule has 0 aromatic heterocycles. The molecular weight excluding hydrogens is 250 g/mol. The Kier molecular flexibility index (Phi) is 6.32. The third kappa shape index (κ3) is 5.62. The molecule has 5 heteroatoms. The van der Waals surface area contributed by atoms with Crippen LogP contribution >= 0.6 is 0 Å². The van der Waals surface area contributed by atoms with Crippen LogP contribution in [0.5, 0.6) is 0 Å². The van der Waals surface area contributed by atoms with Gasteiger partial charge in [-0.2, -0.15) is 0 Å². The summed E-state index contributed by atoms with van der Waals surface area (Å²) in [7, 11) is -1.54. The van der Waals surface area contributed by atoms with Gasteiger partial charge in [-0.1, -0.05) is 37.3 Å². The molecule has 0 fully saturated rings. The molecular formula is C13H21NO3S. The van der Waals surface area contributed by atoms with E-state index in [1.165, 1.54) is 0 Å². The average molecular weight is 271 g/mol. The molecule has 1 atom stereocenters. The third-order valence-corrected chi connectivity index (χ3v) is 4.23. The molecule has 102 valence electrons. The summed E-state index contributed by atoms with van der Waals surface area (Å²) in [5.74, 6) is 0.184. The molecule has 1 N–H and O–H groups in total. The van der Waals surface area contributed by atoms with Gasteiger partial charge in [-0.3, -0.25) is 0 Å². The summed E-state index contributed by atoms with van der Waals surface area (Å²) in [6, 6.07) is 9.09. The van der Waals surface area contributed by atoms with E-state index < -0.39 is 9.84 Å². The minimum absolute atomic E-state index is 0.0828. The number of rotatable bonds is 8. The molecule has 0 saturated heterocycles. The molecule has 0 aliphatic rings. The van der Waals surface area contributed by atoms with Gasteiger partial charge in [0.05, 0.1) is 18.1 Å². The van der Waals surface area contributed by atoms with Gasteiger partial charge in [0.15, 0.2) is 9.84 Å². The molecule has 4 nitrogen and oxygen atoms in total. The molecule has 1 aromatic rings. The first-order chi connectivity index (χ1) is 8.57. The summed E-state index contributed by atoms with van der Waals surface area (Å²) in [5, 5.41) is 3.12. The Bertz CT molecular complexity index is 425. The molecule has 0 saturated carbocycles. The van der Waals surface area contributed by atoms with E-state index in [4.69, 9.17) is 4.74 Å². The number of nitrogens with one attached hydrogen (secondary N) is 1. The van der Waals surface area contributed by atoms with Gasteiger partial charge in [0.25, 0.3) is 0 Å². The van der Waals surface area contributed by atoms with Gasteiger partial charge in [0, 0.05) is 13.2 Å². The van der Waals surface area contributed by atoms with Gasteiger partial charge in [0.1, 0.15) is 0 Å². The highest BCUT2D eigenvalue weighted by Gasteiger charge is 2.18. The predicted molar refractivity (Wildman–Crippen MR) is 73.3 cm³/mol. The van der Waals surface area contributed by atoms with Crippen molar-refractivity contribution in [3.8, 4) is 0 Å². The van der Waals surface area contributed by atoms with Crippen molar-refractivity contribution >= 4 is 9.84 Å². The molecule has 1 unspecified atom stereocenters. The number of sulfone groups is 1. The molecule has 0 spiro atoms. The Morgan fingerprint density at radius 1 is 1.28 bits per heavy atom. The summed E-state index contributed by atoms with van der Waals surface area (Å²) in [6.45, 7) is 3.09. The minimum atomic E-state index is -3.12. The highest BCUT2D eigenvalue weighted by Crippen LogP contribution is 2.07. The predicted octanol–water partition coefficient (Wildman–Crippen LogP) is 1.23. The lowest BCUT2D eigenvalue weighted by Crippen LogP contribution is -2.39. The van der Waals surface area contributed by atoms with Crippen molar-refractivity contribution < 1.29 is 13.2 Å². The van der Waals surface area contributed by atoms with Crippen molar-refractivity contribution in [2.75, 3.05) is 26.0 Å². The minimum Gasteiger partial charge on any atom is -0.383 e. The second kappa shape index (κ2) is 7.51. The van der Waals surface area contributed by atoms with Gasteiger partial charge in [-0.05, 0) is 12.1 Å². The maximum absolute atomic E-state index is 12.1. The Hall–Kier alpha value is -0.910. The standard InChI is InChI=1S/C13H21NO3S/c1-3-14-13(9-17-2)11-18(15,16)10-12-7-5-4-6-8-12/h4-8,13-14H,3,9-11H2,1-2H3. The number of hydrogen-bond acceptors (Lipinski definition) is 4. The molecule has 0 heterocycles. The molecule has 0 aliphatic heterocycles. The van der Waals surface area contributed by atoms with Gasteiger partial charge >= 0.3 is 0 Å². The fourth-order valence-corrected chi connectivity index (χ4v) is 3.49. The van der Waals surface area contributed by atoms with Crippen molar-refractivity contribution in [1.82, 2.24) is 5.32 Å². The maximum Gasteiger partial charge on any atom is 0.156 e. The van der Waals surface area contributed by atoms with Crippen LogP contribution in [0.3, 0.4) is 0 Å². The van der Waals surface area contributed by atoms with E-state index in [0.29, 0.717) is 6.61 Å². The van der Waals surface area contributed by atoms with Crippen molar-refractivity contribution in [3.63, 3.8) is 0 Å². The highest BCUT2D eigenvalue weighted by atomic mass is 32.2. The smallest absolute Gasteiger partial charge is 0.156 e. The summed E-state index contributed by atoms with van der Waals surface area (Å²) < 4.78 is 29.2. The second-order valence-electron chi connectivity index (χ2n) is 4.25. The first-order valence-electron chi connectivity index (χ1n) is 6.04. The van der Waals surface area contributed by atoms with Crippen molar-refractivity contribution in [3.05, 3.63) is 35.9 Å². The highest BCUT2D eigenvalue weighted by molar-refractivity contribution is 7.90. The molecule has 0 amide bonds. The lowest BCUT2D eigenvalue weighted by Gasteiger charge is -2.16. The molecule has 1 rings (SSSR count). The van der Waals surface area contributed by atoms with Crippen LogP contribution in [0.2, 0.25) is 0 Å². The van der Waals surface area contributed by atoms with Crippen LogP contribution in [-0.2, 0) is 20.3 Å². The van der Waals surface area contributed by atoms with Crippen LogP contribution in [0.1, 0.15) is 12.5 Å². The Balaban J connectivity index is 2.63. The fraction of sp³-hybridized carbons (Fsp3) is 0.538. The van der Waals surface area contributed by atoms with Crippen LogP contribution in [0.25, 0.3) is 0 Å². The third-order valence-electron chi connectivity index (χ3n) is 2.55. The quantitative estimate of drug-likeness (QED) is 0.772. The first kappa shape index (κ1) is 15.1. The van der Waals surface area contributed by atoms with E-state index in [1.54, 1.807) is 7.11 Å². The van der Waals surface area contributed by atoms with E-state index in [-0.39, 0.29) is 17.5 Å². The van der Waals surface area contributed by atoms with Crippen LogP contribution in [0.4, 0.5) is 0 Å². The molecule has 0 bridgehead atoms. The van der Waals surface area contributed by atoms with Gasteiger partial charge < -0.3 is 10.1 Å². The number of hydrogen-bond donors (Lipinski definition) is 1. The zero-order valence-corrected chi connectivity index (χ0v) is 11.7. The van der Waals surface area contributed by atoms with Crippen LogP contribution < -0.4 is 5.32 Å². The molecule has 1 aromatic carbocycles. The lowest BCUT2D eigenvalue weighted by atomic mass is 10.2.